The number of rotatable bonds is 6. The lowest BCUT2D eigenvalue weighted by Gasteiger charge is -2.26. The molecule has 0 amide bonds. The van der Waals surface area contributed by atoms with E-state index >= 15 is 0 Å². The maximum absolute atomic E-state index is 5.29. The molecule has 0 unspecified atom stereocenters. The van der Waals surface area contributed by atoms with Crippen LogP contribution in [0.3, 0.4) is 0 Å². The van der Waals surface area contributed by atoms with Gasteiger partial charge in [0, 0.05) is 13.1 Å². The van der Waals surface area contributed by atoms with Gasteiger partial charge in [0.25, 0.3) is 0 Å². The molecule has 0 aromatic carbocycles. The molecule has 0 aromatic heterocycles. The van der Waals surface area contributed by atoms with Crippen molar-refractivity contribution in [2.75, 3.05) is 45.9 Å². The summed E-state index contributed by atoms with van der Waals surface area (Å²) >= 11 is 0. The minimum atomic E-state index is 0.919. The van der Waals surface area contributed by atoms with E-state index in [0.29, 0.717) is 0 Å². The molecule has 1 heterocycles. The molecule has 1 N–H and O–H groups in total. The standard InChI is InChI=1S/C10H22N2O.C2H6/c1-2-4-11-5-3-6-12-7-9-13-10-8-12;1-2/h11H,2-10H2,1H3;1-2H3. The lowest BCUT2D eigenvalue weighted by molar-refractivity contribution is 0.0374. The van der Waals surface area contributed by atoms with Crippen LogP contribution in [0.1, 0.15) is 33.6 Å². The molecular formula is C12H28N2O. The second-order valence-electron chi connectivity index (χ2n) is 3.56. The molecule has 1 rings (SSSR count). The van der Waals surface area contributed by atoms with Crippen molar-refractivity contribution >= 4 is 0 Å². The van der Waals surface area contributed by atoms with Crippen LogP contribution >= 0.6 is 0 Å². The molecule has 0 aromatic rings. The normalized spacial score (nSPS) is 17.0. The molecule has 0 atom stereocenters. The number of hydrogen-bond acceptors (Lipinski definition) is 3. The molecule has 0 bridgehead atoms. The molecule has 3 nitrogen and oxygen atoms in total. The minimum Gasteiger partial charge on any atom is -0.379 e. The quantitative estimate of drug-likeness (QED) is 0.684. The first kappa shape index (κ1) is 14.9. The largest absolute Gasteiger partial charge is 0.379 e. The number of hydrogen-bond donors (Lipinski definition) is 1. The molecule has 92 valence electrons. The topological polar surface area (TPSA) is 24.5 Å². The van der Waals surface area contributed by atoms with Crippen LogP contribution in [0.25, 0.3) is 0 Å². The Hall–Kier alpha value is -0.120. The van der Waals surface area contributed by atoms with E-state index in [1.807, 2.05) is 13.8 Å². The zero-order valence-corrected chi connectivity index (χ0v) is 10.7. The third-order valence-corrected chi connectivity index (χ3v) is 2.36. The van der Waals surface area contributed by atoms with Gasteiger partial charge in [-0.2, -0.15) is 0 Å². The third-order valence-electron chi connectivity index (χ3n) is 2.36. The molecule has 0 radical (unpaired) electrons. The van der Waals surface area contributed by atoms with Gasteiger partial charge >= 0.3 is 0 Å². The summed E-state index contributed by atoms with van der Waals surface area (Å²) in [5, 5.41) is 3.42. The second-order valence-corrected chi connectivity index (χ2v) is 3.56. The Bertz CT molecular complexity index is 114. The first-order chi connectivity index (χ1) is 7.43. The first-order valence-corrected chi connectivity index (χ1v) is 6.44. The van der Waals surface area contributed by atoms with Crippen molar-refractivity contribution in [3.63, 3.8) is 0 Å². The summed E-state index contributed by atoms with van der Waals surface area (Å²) in [6.45, 7) is 13.8. The molecular weight excluding hydrogens is 188 g/mol. The van der Waals surface area contributed by atoms with Crippen LogP contribution in [0.15, 0.2) is 0 Å². The lowest BCUT2D eigenvalue weighted by Crippen LogP contribution is -2.37. The van der Waals surface area contributed by atoms with Crippen molar-refractivity contribution < 1.29 is 4.74 Å². The predicted octanol–water partition coefficient (Wildman–Crippen LogP) is 1.73. The van der Waals surface area contributed by atoms with Crippen LogP contribution in [0.2, 0.25) is 0 Å². The average Bonchev–Trinajstić information content (AvgIpc) is 2.33. The van der Waals surface area contributed by atoms with Crippen LogP contribution in [-0.2, 0) is 4.74 Å². The van der Waals surface area contributed by atoms with Gasteiger partial charge in [0.15, 0.2) is 0 Å². The van der Waals surface area contributed by atoms with Crippen molar-refractivity contribution in [1.29, 1.82) is 0 Å². The van der Waals surface area contributed by atoms with E-state index in [-0.39, 0.29) is 0 Å². The Kier molecular flexibility index (Phi) is 11.9. The summed E-state index contributed by atoms with van der Waals surface area (Å²) in [5.74, 6) is 0. The molecule has 3 heteroatoms. The van der Waals surface area contributed by atoms with Gasteiger partial charge in [-0.1, -0.05) is 20.8 Å². The molecule has 1 aliphatic heterocycles. The van der Waals surface area contributed by atoms with Crippen molar-refractivity contribution in [2.24, 2.45) is 0 Å². The van der Waals surface area contributed by atoms with Gasteiger partial charge in [-0.25, -0.2) is 0 Å². The summed E-state index contributed by atoms with van der Waals surface area (Å²) in [4.78, 5) is 2.48. The van der Waals surface area contributed by atoms with E-state index < -0.39 is 0 Å². The zero-order chi connectivity index (χ0) is 11.4. The van der Waals surface area contributed by atoms with Crippen molar-refractivity contribution in [2.45, 2.75) is 33.6 Å². The Morgan fingerprint density at radius 2 is 1.80 bits per heavy atom. The molecule has 1 fully saturated rings. The van der Waals surface area contributed by atoms with Crippen molar-refractivity contribution in [3.05, 3.63) is 0 Å². The summed E-state index contributed by atoms with van der Waals surface area (Å²) in [6, 6.07) is 0. The van der Waals surface area contributed by atoms with E-state index in [1.165, 1.54) is 19.4 Å². The fraction of sp³-hybridized carbons (Fsp3) is 1.00. The Labute approximate surface area is 95.2 Å². The van der Waals surface area contributed by atoms with Crippen molar-refractivity contribution in [1.82, 2.24) is 10.2 Å². The molecule has 0 spiro atoms. The number of nitrogens with one attached hydrogen (secondary N) is 1. The highest BCUT2D eigenvalue weighted by molar-refractivity contribution is 4.62. The third kappa shape index (κ3) is 8.85. The smallest absolute Gasteiger partial charge is 0.0594 e. The summed E-state index contributed by atoms with van der Waals surface area (Å²) in [5.41, 5.74) is 0. The van der Waals surface area contributed by atoms with E-state index in [4.69, 9.17) is 4.74 Å². The van der Waals surface area contributed by atoms with Crippen LogP contribution < -0.4 is 5.32 Å². The summed E-state index contributed by atoms with van der Waals surface area (Å²) in [7, 11) is 0. The van der Waals surface area contributed by atoms with Crippen LogP contribution in [0, 0.1) is 0 Å². The Morgan fingerprint density at radius 3 is 2.40 bits per heavy atom. The summed E-state index contributed by atoms with van der Waals surface area (Å²) in [6.07, 6.45) is 2.50. The average molecular weight is 216 g/mol. The van der Waals surface area contributed by atoms with E-state index in [9.17, 15) is 0 Å². The monoisotopic (exact) mass is 216 g/mol. The highest BCUT2D eigenvalue weighted by Gasteiger charge is 2.08. The van der Waals surface area contributed by atoms with Gasteiger partial charge in [0.1, 0.15) is 0 Å². The fourth-order valence-electron chi connectivity index (χ4n) is 1.55. The molecule has 1 aliphatic rings. The van der Waals surface area contributed by atoms with E-state index in [0.717, 1.165) is 39.4 Å². The zero-order valence-electron chi connectivity index (χ0n) is 10.7. The van der Waals surface area contributed by atoms with Gasteiger partial charge in [-0.05, 0) is 32.5 Å². The summed E-state index contributed by atoms with van der Waals surface area (Å²) < 4.78 is 5.29. The van der Waals surface area contributed by atoms with Crippen LogP contribution in [0.4, 0.5) is 0 Å². The van der Waals surface area contributed by atoms with Gasteiger partial charge in [-0.15, -0.1) is 0 Å². The second kappa shape index (κ2) is 12.0. The lowest BCUT2D eigenvalue weighted by atomic mass is 10.3. The van der Waals surface area contributed by atoms with Crippen LogP contribution in [-0.4, -0.2) is 50.8 Å². The Morgan fingerprint density at radius 1 is 1.13 bits per heavy atom. The van der Waals surface area contributed by atoms with E-state index in [2.05, 4.69) is 17.1 Å². The number of nitrogens with zero attached hydrogens (tertiary/aromatic N) is 1. The minimum absolute atomic E-state index is 0.919. The SMILES string of the molecule is CC.CCCNCCCN1CCOCC1. The predicted molar refractivity (Wildman–Crippen MR) is 66.4 cm³/mol. The fourth-order valence-corrected chi connectivity index (χ4v) is 1.55. The number of morpholine rings is 1. The van der Waals surface area contributed by atoms with Gasteiger partial charge in [0.2, 0.25) is 0 Å². The van der Waals surface area contributed by atoms with Gasteiger partial charge < -0.3 is 10.1 Å². The van der Waals surface area contributed by atoms with Crippen molar-refractivity contribution in [3.8, 4) is 0 Å². The van der Waals surface area contributed by atoms with E-state index in [1.54, 1.807) is 0 Å². The highest BCUT2D eigenvalue weighted by atomic mass is 16.5. The van der Waals surface area contributed by atoms with Gasteiger partial charge in [0.05, 0.1) is 13.2 Å². The molecule has 1 saturated heterocycles. The van der Waals surface area contributed by atoms with Gasteiger partial charge in [-0.3, -0.25) is 4.90 Å². The Balaban J connectivity index is 0.000000921. The van der Waals surface area contributed by atoms with Crippen LogP contribution in [0.5, 0.6) is 0 Å². The first-order valence-electron chi connectivity index (χ1n) is 6.44. The highest BCUT2D eigenvalue weighted by Crippen LogP contribution is 1.96. The molecule has 0 saturated carbocycles. The molecule has 0 aliphatic carbocycles. The maximum Gasteiger partial charge on any atom is 0.0594 e. The molecule has 15 heavy (non-hydrogen) atoms. The number of ether oxygens (including phenoxy) is 1. The maximum atomic E-state index is 5.29.